The zero-order chi connectivity index (χ0) is 28.6. The molecule has 0 saturated heterocycles. The summed E-state index contributed by atoms with van der Waals surface area (Å²) in [4.78, 5) is 43.5. The first-order valence-electron chi connectivity index (χ1n) is 12.1. The Morgan fingerprint density at radius 1 is 0.846 bits per heavy atom. The van der Waals surface area contributed by atoms with E-state index in [1.54, 1.807) is 30.3 Å². The molecule has 0 aliphatic heterocycles. The molecule has 39 heavy (non-hydrogen) atoms. The molecule has 0 bridgehead atoms. The third-order valence-corrected chi connectivity index (χ3v) is 5.12. The molecule has 0 saturated carbocycles. The van der Waals surface area contributed by atoms with Crippen LogP contribution in [0.3, 0.4) is 0 Å². The van der Waals surface area contributed by atoms with E-state index in [4.69, 9.17) is 18.9 Å². The van der Waals surface area contributed by atoms with Gasteiger partial charge in [0.05, 0.1) is 29.1 Å². The summed E-state index contributed by atoms with van der Waals surface area (Å²) < 4.78 is 20.9. The van der Waals surface area contributed by atoms with E-state index in [-0.39, 0.29) is 36.8 Å². The number of benzene rings is 2. The molecule has 0 fully saturated rings. The molecule has 0 spiro atoms. The maximum atomic E-state index is 11.7. The van der Waals surface area contributed by atoms with Gasteiger partial charge in [0.2, 0.25) is 0 Å². The zero-order valence-corrected chi connectivity index (χ0v) is 21.5. The molecule has 0 heterocycles. The van der Waals surface area contributed by atoms with Crippen LogP contribution in [0.25, 0.3) is 6.08 Å². The predicted octanol–water partition coefficient (Wildman–Crippen LogP) is 5.20. The van der Waals surface area contributed by atoms with Crippen molar-refractivity contribution >= 4 is 29.4 Å². The van der Waals surface area contributed by atoms with Gasteiger partial charge in [-0.15, -0.1) is 0 Å². The molecular weight excluding hydrogens is 512 g/mol. The van der Waals surface area contributed by atoms with Gasteiger partial charge in [0.25, 0.3) is 5.69 Å². The Morgan fingerprint density at radius 3 is 2.10 bits per heavy atom. The molecule has 2 rings (SSSR count). The first-order valence-corrected chi connectivity index (χ1v) is 12.1. The smallest absolute Gasteiger partial charge is 0.333 e. The zero-order valence-electron chi connectivity index (χ0n) is 21.5. The Labute approximate surface area is 225 Å². The van der Waals surface area contributed by atoms with E-state index in [2.05, 4.69) is 6.58 Å². The largest absolute Gasteiger partial charge is 0.494 e. The first-order chi connectivity index (χ1) is 18.7. The van der Waals surface area contributed by atoms with Crippen molar-refractivity contribution in [2.45, 2.75) is 32.6 Å². The number of esters is 2. The molecule has 0 aliphatic carbocycles. The normalized spacial score (nSPS) is 10.6. The fraction of sp³-hybridized carbons (Fsp3) is 0.333. The van der Waals surface area contributed by atoms with Gasteiger partial charge >= 0.3 is 17.6 Å². The number of rotatable bonds is 17. The van der Waals surface area contributed by atoms with Gasteiger partial charge in [-0.2, -0.15) is 0 Å². The highest BCUT2D eigenvalue weighted by molar-refractivity contribution is 5.87. The fourth-order valence-electron chi connectivity index (χ4n) is 3.10. The summed E-state index contributed by atoms with van der Waals surface area (Å²) in [5, 5.41) is 21.9. The molecule has 12 nitrogen and oxygen atoms in total. The molecule has 2 aromatic carbocycles. The molecular formula is C27H30N2O10. The number of non-ortho nitro benzene ring substituents is 1. The number of unbranched alkanes of at least 4 members (excludes halogenated alkanes) is 3. The second-order valence-electron chi connectivity index (χ2n) is 8.26. The van der Waals surface area contributed by atoms with Crippen LogP contribution in [0.15, 0.2) is 60.7 Å². The molecule has 0 radical (unpaired) electrons. The third kappa shape index (κ3) is 11.5. The molecule has 208 valence electrons. The monoisotopic (exact) mass is 542 g/mol. The van der Waals surface area contributed by atoms with E-state index in [1.165, 1.54) is 25.1 Å². The summed E-state index contributed by atoms with van der Waals surface area (Å²) in [6.07, 6.45) is 6.02. The summed E-state index contributed by atoms with van der Waals surface area (Å²) in [6.45, 7) is 5.65. The number of carbonyl (C=O) groups excluding carboxylic acids is 2. The maximum Gasteiger partial charge on any atom is 0.333 e. The summed E-state index contributed by atoms with van der Waals surface area (Å²) in [6, 6.07) is 10.5. The third-order valence-electron chi connectivity index (χ3n) is 5.12. The van der Waals surface area contributed by atoms with Crippen molar-refractivity contribution in [3.8, 4) is 11.5 Å². The van der Waals surface area contributed by atoms with Crippen molar-refractivity contribution in [1.29, 1.82) is 0 Å². The Bertz CT molecular complexity index is 1190. The molecule has 0 aromatic heterocycles. The Hall–Kier alpha value is -4.74. The first kappa shape index (κ1) is 30.5. The molecule has 0 unspecified atom stereocenters. The Balaban J connectivity index is 1.60. The lowest BCUT2D eigenvalue weighted by atomic mass is 10.2. The van der Waals surface area contributed by atoms with Crippen molar-refractivity contribution in [3.05, 3.63) is 86.5 Å². The van der Waals surface area contributed by atoms with E-state index in [1.807, 2.05) is 0 Å². The van der Waals surface area contributed by atoms with Gasteiger partial charge in [-0.05, 0) is 62.4 Å². The van der Waals surface area contributed by atoms with Crippen LogP contribution < -0.4 is 9.47 Å². The van der Waals surface area contributed by atoms with E-state index in [0.29, 0.717) is 18.8 Å². The van der Waals surface area contributed by atoms with Crippen molar-refractivity contribution in [3.63, 3.8) is 0 Å². The number of nitro groups is 2. The number of hydrogen-bond donors (Lipinski definition) is 0. The number of ether oxygens (including phenoxy) is 4. The lowest BCUT2D eigenvalue weighted by molar-refractivity contribution is -0.394. The predicted molar refractivity (Wildman–Crippen MR) is 141 cm³/mol. The van der Waals surface area contributed by atoms with E-state index >= 15 is 0 Å². The molecule has 2 aromatic rings. The van der Waals surface area contributed by atoms with E-state index < -0.39 is 27.5 Å². The van der Waals surface area contributed by atoms with Gasteiger partial charge in [0.15, 0.2) is 5.75 Å². The standard InChI is InChI=1S/C27H30N2O10/c1-20(2)27(31)39-18-17-38-26(30)14-9-21-7-11-23(12-8-21)36-15-5-3-4-6-16-37-25-13-10-22(28(32)33)19-24(25)29(34)35/h7-14,19H,1,3-6,15-18H2,2H3/b14-9+. The van der Waals surface area contributed by atoms with Crippen molar-refractivity contribution in [2.24, 2.45) is 0 Å². The number of nitro benzene ring substituents is 2. The van der Waals surface area contributed by atoms with Gasteiger partial charge in [-0.25, -0.2) is 9.59 Å². The lowest BCUT2D eigenvalue weighted by Gasteiger charge is -2.08. The van der Waals surface area contributed by atoms with Crippen LogP contribution in [0.1, 0.15) is 38.2 Å². The summed E-state index contributed by atoms with van der Waals surface area (Å²) >= 11 is 0. The molecule has 0 aliphatic rings. The van der Waals surface area contributed by atoms with Crippen LogP contribution in [0.4, 0.5) is 11.4 Å². The lowest BCUT2D eigenvalue weighted by Crippen LogP contribution is -2.12. The summed E-state index contributed by atoms with van der Waals surface area (Å²) in [5.74, 6) is -0.405. The highest BCUT2D eigenvalue weighted by Crippen LogP contribution is 2.31. The minimum atomic E-state index is -0.703. The summed E-state index contributed by atoms with van der Waals surface area (Å²) in [5.41, 5.74) is 0.255. The van der Waals surface area contributed by atoms with Crippen LogP contribution in [-0.2, 0) is 19.1 Å². The van der Waals surface area contributed by atoms with E-state index in [9.17, 15) is 29.8 Å². The van der Waals surface area contributed by atoms with E-state index in [0.717, 1.165) is 30.9 Å². The topological polar surface area (TPSA) is 157 Å². The summed E-state index contributed by atoms with van der Waals surface area (Å²) in [7, 11) is 0. The Morgan fingerprint density at radius 2 is 1.49 bits per heavy atom. The van der Waals surface area contributed by atoms with Crippen LogP contribution in [0.2, 0.25) is 0 Å². The van der Waals surface area contributed by atoms with Crippen molar-refractivity contribution < 1.29 is 38.4 Å². The fourth-order valence-corrected chi connectivity index (χ4v) is 3.10. The SMILES string of the molecule is C=C(C)C(=O)OCCOC(=O)/C=C/c1ccc(OCCCCCCOc2ccc([N+](=O)[O-])cc2[N+](=O)[O-])cc1. The second kappa shape index (κ2) is 16.2. The van der Waals surface area contributed by atoms with Crippen molar-refractivity contribution in [1.82, 2.24) is 0 Å². The average Bonchev–Trinajstić information content (AvgIpc) is 2.91. The molecule has 12 heteroatoms. The number of hydrogen-bond acceptors (Lipinski definition) is 10. The van der Waals surface area contributed by atoms with Crippen LogP contribution >= 0.6 is 0 Å². The number of nitrogens with zero attached hydrogens (tertiary/aromatic N) is 2. The second-order valence-corrected chi connectivity index (χ2v) is 8.26. The minimum Gasteiger partial charge on any atom is -0.494 e. The quantitative estimate of drug-likeness (QED) is 0.0855. The number of carbonyl (C=O) groups is 2. The highest BCUT2D eigenvalue weighted by atomic mass is 16.6. The van der Waals surface area contributed by atoms with Crippen molar-refractivity contribution in [2.75, 3.05) is 26.4 Å². The average molecular weight is 543 g/mol. The van der Waals surface area contributed by atoms with Gasteiger partial charge < -0.3 is 18.9 Å². The van der Waals surface area contributed by atoms with Crippen LogP contribution in [0.5, 0.6) is 11.5 Å². The van der Waals surface area contributed by atoms with Gasteiger partial charge in [0, 0.05) is 17.7 Å². The molecule has 0 N–H and O–H groups in total. The minimum absolute atomic E-state index is 0.00530. The highest BCUT2D eigenvalue weighted by Gasteiger charge is 2.20. The van der Waals surface area contributed by atoms with Gasteiger partial charge in [0.1, 0.15) is 19.0 Å². The molecule has 0 atom stereocenters. The van der Waals surface area contributed by atoms with Crippen LogP contribution in [0, 0.1) is 20.2 Å². The molecule has 0 amide bonds. The van der Waals surface area contributed by atoms with Crippen LogP contribution in [-0.4, -0.2) is 48.2 Å². The van der Waals surface area contributed by atoms with Gasteiger partial charge in [-0.1, -0.05) is 18.7 Å². The van der Waals surface area contributed by atoms with Gasteiger partial charge in [-0.3, -0.25) is 20.2 Å². The maximum absolute atomic E-state index is 11.7. The Kier molecular flexibility index (Phi) is 12.6.